The summed E-state index contributed by atoms with van der Waals surface area (Å²) in [5.41, 5.74) is 0.303. The molecule has 0 aromatic heterocycles. The van der Waals surface area contributed by atoms with Crippen LogP contribution < -0.4 is 10.6 Å². The van der Waals surface area contributed by atoms with E-state index < -0.39 is 0 Å². The molecule has 0 spiro atoms. The van der Waals surface area contributed by atoms with Crippen LogP contribution in [0.2, 0.25) is 0 Å². The molecule has 11 heavy (non-hydrogen) atoms. The number of hydrogen-bond donors (Lipinski definition) is 2. The smallest absolute Gasteiger partial charge is 0.0166 e. The Balaban J connectivity index is 2.53. The zero-order chi connectivity index (χ0) is 8.48. The molecule has 2 nitrogen and oxygen atoms in total. The van der Waals surface area contributed by atoms with Crippen molar-refractivity contribution in [2.75, 3.05) is 6.54 Å². The summed E-state index contributed by atoms with van der Waals surface area (Å²) < 4.78 is 0. The molecule has 2 unspecified atom stereocenters. The van der Waals surface area contributed by atoms with Gasteiger partial charge in [-0.1, -0.05) is 0 Å². The predicted octanol–water partition coefficient (Wildman–Crippen LogP) is 1.12. The van der Waals surface area contributed by atoms with Crippen molar-refractivity contribution in [2.45, 2.75) is 51.7 Å². The maximum Gasteiger partial charge on any atom is 0.0166 e. The van der Waals surface area contributed by atoms with Gasteiger partial charge in [-0.25, -0.2) is 0 Å². The predicted molar refractivity (Wildman–Crippen MR) is 48.8 cm³/mol. The van der Waals surface area contributed by atoms with E-state index in [1.807, 2.05) is 0 Å². The maximum atomic E-state index is 3.54. The van der Waals surface area contributed by atoms with Crippen molar-refractivity contribution < 1.29 is 0 Å². The molecule has 2 heteroatoms. The Morgan fingerprint density at radius 3 is 2.45 bits per heavy atom. The van der Waals surface area contributed by atoms with Gasteiger partial charge in [0.2, 0.25) is 0 Å². The highest BCUT2D eigenvalue weighted by molar-refractivity contribution is 4.88. The van der Waals surface area contributed by atoms with Gasteiger partial charge < -0.3 is 10.6 Å². The van der Waals surface area contributed by atoms with E-state index in [4.69, 9.17) is 0 Å². The van der Waals surface area contributed by atoms with Gasteiger partial charge in [0, 0.05) is 24.2 Å². The first-order valence-electron chi connectivity index (χ1n) is 4.51. The molecule has 1 saturated heterocycles. The standard InChI is InChI=1S/C9H20N2/c1-7-5-9(3,4)10-6-8(2)11-7/h7-8,10-11H,5-6H2,1-4H3. The summed E-state index contributed by atoms with van der Waals surface area (Å²) in [6.07, 6.45) is 1.21. The molecule has 1 aliphatic rings. The second-order valence-corrected chi connectivity index (χ2v) is 4.44. The topological polar surface area (TPSA) is 24.1 Å². The van der Waals surface area contributed by atoms with Gasteiger partial charge in [0.15, 0.2) is 0 Å². The van der Waals surface area contributed by atoms with Crippen molar-refractivity contribution in [3.63, 3.8) is 0 Å². The Labute approximate surface area is 69.8 Å². The molecule has 0 aromatic rings. The lowest BCUT2D eigenvalue weighted by molar-refractivity contribution is 0.364. The Morgan fingerprint density at radius 1 is 1.18 bits per heavy atom. The molecule has 2 atom stereocenters. The van der Waals surface area contributed by atoms with Gasteiger partial charge in [0.25, 0.3) is 0 Å². The molecule has 0 aliphatic carbocycles. The lowest BCUT2D eigenvalue weighted by Gasteiger charge is -2.25. The van der Waals surface area contributed by atoms with E-state index in [-0.39, 0.29) is 0 Å². The quantitative estimate of drug-likeness (QED) is 0.549. The number of rotatable bonds is 0. The van der Waals surface area contributed by atoms with Crippen molar-refractivity contribution in [3.8, 4) is 0 Å². The largest absolute Gasteiger partial charge is 0.310 e. The van der Waals surface area contributed by atoms with Crippen LogP contribution in [0.4, 0.5) is 0 Å². The van der Waals surface area contributed by atoms with Crippen LogP contribution >= 0.6 is 0 Å². The Bertz CT molecular complexity index is 132. The minimum Gasteiger partial charge on any atom is -0.310 e. The minimum atomic E-state index is 0.303. The van der Waals surface area contributed by atoms with Gasteiger partial charge in [-0.15, -0.1) is 0 Å². The van der Waals surface area contributed by atoms with Crippen LogP contribution in [-0.2, 0) is 0 Å². The van der Waals surface area contributed by atoms with Crippen LogP contribution in [0.25, 0.3) is 0 Å². The fourth-order valence-electron chi connectivity index (χ4n) is 1.87. The molecular formula is C9H20N2. The van der Waals surface area contributed by atoms with Crippen molar-refractivity contribution in [2.24, 2.45) is 0 Å². The van der Waals surface area contributed by atoms with Gasteiger partial charge >= 0.3 is 0 Å². The number of nitrogens with one attached hydrogen (secondary N) is 2. The summed E-state index contributed by atoms with van der Waals surface area (Å²) in [5, 5.41) is 7.07. The zero-order valence-corrected chi connectivity index (χ0v) is 8.07. The van der Waals surface area contributed by atoms with Crippen LogP contribution in [0.1, 0.15) is 34.1 Å². The van der Waals surface area contributed by atoms with Gasteiger partial charge in [0.05, 0.1) is 0 Å². The van der Waals surface area contributed by atoms with Crippen molar-refractivity contribution in [1.29, 1.82) is 0 Å². The summed E-state index contributed by atoms with van der Waals surface area (Å²) in [6.45, 7) is 10.1. The monoisotopic (exact) mass is 156 g/mol. The van der Waals surface area contributed by atoms with Crippen molar-refractivity contribution in [1.82, 2.24) is 10.6 Å². The van der Waals surface area contributed by atoms with Crippen LogP contribution in [0.3, 0.4) is 0 Å². The van der Waals surface area contributed by atoms with Crippen LogP contribution in [0.15, 0.2) is 0 Å². The Kier molecular flexibility index (Phi) is 2.55. The molecule has 1 fully saturated rings. The normalized spacial score (nSPS) is 38.2. The highest BCUT2D eigenvalue weighted by Crippen LogP contribution is 2.14. The molecule has 0 saturated carbocycles. The molecule has 1 heterocycles. The average Bonchev–Trinajstić information content (AvgIpc) is 1.90. The van der Waals surface area contributed by atoms with E-state index >= 15 is 0 Å². The highest BCUT2D eigenvalue weighted by atomic mass is 15.1. The van der Waals surface area contributed by atoms with Gasteiger partial charge in [-0.05, 0) is 34.1 Å². The van der Waals surface area contributed by atoms with Gasteiger partial charge in [-0.2, -0.15) is 0 Å². The van der Waals surface area contributed by atoms with E-state index in [0.29, 0.717) is 17.6 Å². The summed E-state index contributed by atoms with van der Waals surface area (Å²) in [5.74, 6) is 0. The van der Waals surface area contributed by atoms with Crippen LogP contribution in [0.5, 0.6) is 0 Å². The fourth-order valence-corrected chi connectivity index (χ4v) is 1.87. The Hall–Kier alpha value is -0.0800. The lowest BCUT2D eigenvalue weighted by atomic mass is 9.97. The van der Waals surface area contributed by atoms with E-state index in [1.165, 1.54) is 6.42 Å². The molecule has 0 aromatic carbocycles. The second-order valence-electron chi connectivity index (χ2n) is 4.44. The molecule has 0 amide bonds. The molecule has 0 bridgehead atoms. The van der Waals surface area contributed by atoms with Crippen molar-refractivity contribution >= 4 is 0 Å². The second kappa shape index (κ2) is 3.11. The third kappa shape index (κ3) is 2.80. The first-order valence-corrected chi connectivity index (χ1v) is 4.51. The molecular weight excluding hydrogens is 136 g/mol. The van der Waals surface area contributed by atoms with E-state index in [2.05, 4.69) is 38.3 Å². The summed E-state index contributed by atoms with van der Waals surface area (Å²) in [7, 11) is 0. The SMILES string of the molecule is CC1CNC(C)(C)CC(C)N1. The molecule has 2 N–H and O–H groups in total. The van der Waals surface area contributed by atoms with Crippen molar-refractivity contribution in [3.05, 3.63) is 0 Å². The summed E-state index contributed by atoms with van der Waals surface area (Å²) in [6, 6.07) is 1.24. The first-order chi connectivity index (χ1) is 4.99. The summed E-state index contributed by atoms with van der Waals surface area (Å²) >= 11 is 0. The van der Waals surface area contributed by atoms with E-state index in [0.717, 1.165) is 6.54 Å². The molecule has 1 aliphatic heterocycles. The lowest BCUT2D eigenvalue weighted by Crippen LogP contribution is -2.41. The van der Waals surface area contributed by atoms with Crippen LogP contribution in [-0.4, -0.2) is 24.2 Å². The molecule has 0 radical (unpaired) electrons. The summed E-state index contributed by atoms with van der Waals surface area (Å²) in [4.78, 5) is 0. The fraction of sp³-hybridized carbons (Fsp3) is 1.00. The molecule has 66 valence electrons. The molecule has 1 rings (SSSR count). The average molecular weight is 156 g/mol. The third-order valence-corrected chi connectivity index (χ3v) is 2.27. The minimum absolute atomic E-state index is 0.303. The highest BCUT2D eigenvalue weighted by Gasteiger charge is 2.24. The van der Waals surface area contributed by atoms with Gasteiger partial charge in [0.1, 0.15) is 0 Å². The van der Waals surface area contributed by atoms with E-state index in [1.54, 1.807) is 0 Å². The van der Waals surface area contributed by atoms with Gasteiger partial charge in [-0.3, -0.25) is 0 Å². The van der Waals surface area contributed by atoms with Crippen LogP contribution in [0, 0.1) is 0 Å². The third-order valence-electron chi connectivity index (χ3n) is 2.27. The zero-order valence-electron chi connectivity index (χ0n) is 8.07. The van der Waals surface area contributed by atoms with E-state index in [9.17, 15) is 0 Å². The first kappa shape index (κ1) is 9.01. The number of hydrogen-bond acceptors (Lipinski definition) is 2. The maximum absolute atomic E-state index is 3.54. The Morgan fingerprint density at radius 2 is 1.82 bits per heavy atom.